The summed E-state index contributed by atoms with van der Waals surface area (Å²) in [5, 5.41) is 11.3. The van der Waals surface area contributed by atoms with Gasteiger partial charge >= 0.3 is 0 Å². The van der Waals surface area contributed by atoms with Crippen LogP contribution in [0.15, 0.2) is 30.9 Å². The van der Waals surface area contributed by atoms with E-state index in [-0.39, 0.29) is 30.3 Å². The molecule has 7 unspecified atom stereocenters. The zero-order chi connectivity index (χ0) is 19.0. The summed E-state index contributed by atoms with van der Waals surface area (Å²) in [6.45, 7) is 6.39. The number of fused-ring (bicyclic) bond motifs is 1. The molecular formula is C21H26O6. The first-order valence-electron chi connectivity index (χ1n) is 9.46. The molecule has 6 rings (SSSR count). The third-order valence-electron chi connectivity index (χ3n) is 7.61. The number of benzene rings is 1. The van der Waals surface area contributed by atoms with Gasteiger partial charge in [-0.1, -0.05) is 19.1 Å². The SMILES string of the molecule is C=CCC12CC(OC)C(O)C3(OC)C1OC3(c1ccc3c(c1)OCO3)C2C. The standard InChI is InChI=1S/C21H26O6/c1-5-8-19-10-16(23-3)17(22)21(24-4)18(19)27-20(21,12(19)2)13-6-7-14-15(9-13)26-11-25-14/h5-7,9,12,16-18,22H,1,8,10-11H2,2-4H3. The van der Waals surface area contributed by atoms with E-state index in [0.29, 0.717) is 12.2 Å². The van der Waals surface area contributed by atoms with Gasteiger partial charge in [0.2, 0.25) is 6.79 Å². The molecule has 4 fully saturated rings. The lowest BCUT2D eigenvalue weighted by molar-refractivity contribution is -0.389. The quantitative estimate of drug-likeness (QED) is 0.799. The summed E-state index contributed by atoms with van der Waals surface area (Å²) in [5.41, 5.74) is -0.904. The van der Waals surface area contributed by atoms with Crippen LogP contribution in [0.2, 0.25) is 0 Å². The molecule has 2 saturated heterocycles. The van der Waals surface area contributed by atoms with Crippen LogP contribution in [-0.2, 0) is 19.8 Å². The number of methoxy groups -OCH3 is 2. The highest BCUT2D eigenvalue weighted by Crippen LogP contribution is 2.78. The van der Waals surface area contributed by atoms with Crippen molar-refractivity contribution in [2.75, 3.05) is 21.0 Å². The van der Waals surface area contributed by atoms with Crippen molar-refractivity contribution in [3.8, 4) is 11.5 Å². The number of allylic oxidation sites excluding steroid dienone is 1. The molecule has 6 heteroatoms. The fourth-order valence-corrected chi connectivity index (χ4v) is 6.44. The maximum atomic E-state index is 11.3. The number of rotatable bonds is 5. The highest BCUT2D eigenvalue weighted by atomic mass is 16.7. The molecule has 0 spiro atoms. The van der Waals surface area contributed by atoms with Crippen molar-refractivity contribution in [3.63, 3.8) is 0 Å². The first-order valence-corrected chi connectivity index (χ1v) is 9.46. The molecule has 0 amide bonds. The van der Waals surface area contributed by atoms with Crippen LogP contribution in [0.3, 0.4) is 0 Å². The lowest BCUT2D eigenvalue weighted by Crippen LogP contribution is -2.78. The second kappa shape index (κ2) is 5.47. The van der Waals surface area contributed by atoms with Gasteiger partial charge in [0.1, 0.15) is 17.8 Å². The van der Waals surface area contributed by atoms with E-state index in [1.165, 1.54) is 0 Å². The number of aliphatic hydroxyl groups is 1. The molecule has 7 atom stereocenters. The summed E-state index contributed by atoms with van der Waals surface area (Å²) in [6, 6.07) is 5.87. The molecule has 2 aliphatic carbocycles. The van der Waals surface area contributed by atoms with Gasteiger partial charge in [0.25, 0.3) is 0 Å². The van der Waals surface area contributed by atoms with E-state index in [9.17, 15) is 5.11 Å². The van der Waals surface area contributed by atoms with Gasteiger partial charge in [-0.25, -0.2) is 0 Å². The molecule has 27 heavy (non-hydrogen) atoms. The zero-order valence-corrected chi connectivity index (χ0v) is 15.9. The molecule has 0 radical (unpaired) electrons. The third-order valence-corrected chi connectivity index (χ3v) is 7.61. The van der Waals surface area contributed by atoms with E-state index in [1.54, 1.807) is 14.2 Å². The summed E-state index contributed by atoms with van der Waals surface area (Å²) < 4.78 is 29.5. The number of hydrogen-bond acceptors (Lipinski definition) is 6. The highest BCUT2D eigenvalue weighted by Gasteiger charge is 2.89. The van der Waals surface area contributed by atoms with Crippen LogP contribution in [0.4, 0.5) is 0 Å². The van der Waals surface area contributed by atoms with Crippen LogP contribution >= 0.6 is 0 Å². The van der Waals surface area contributed by atoms with Crippen LogP contribution in [0.5, 0.6) is 11.5 Å². The molecule has 0 aromatic heterocycles. The van der Waals surface area contributed by atoms with Gasteiger partial charge in [0.15, 0.2) is 17.1 Å². The Bertz CT molecular complexity index is 795. The van der Waals surface area contributed by atoms with E-state index in [1.807, 2.05) is 24.3 Å². The lowest BCUT2D eigenvalue weighted by Gasteiger charge is -2.63. The van der Waals surface area contributed by atoms with E-state index >= 15 is 0 Å². The van der Waals surface area contributed by atoms with Crippen molar-refractivity contribution in [1.82, 2.24) is 0 Å². The van der Waals surface area contributed by atoms with E-state index < -0.39 is 17.3 Å². The van der Waals surface area contributed by atoms with Gasteiger partial charge in [0, 0.05) is 25.6 Å². The van der Waals surface area contributed by atoms with Crippen molar-refractivity contribution >= 4 is 0 Å². The largest absolute Gasteiger partial charge is 0.454 e. The zero-order valence-electron chi connectivity index (χ0n) is 15.9. The second-order valence-electron chi connectivity index (χ2n) is 8.17. The summed E-state index contributed by atoms with van der Waals surface area (Å²) >= 11 is 0. The molecular weight excluding hydrogens is 348 g/mol. The molecule has 6 nitrogen and oxygen atoms in total. The Balaban J connectivity index is 1.71. The summed E-state index contributed by atoms with van der Waals surface area (Å²) in [7, 11) is 3.31. The first kappa shape index (κ1) is 17.5. The Kier molecular flexibility index (Phi) is 3.55. The van der Waals surface area contributed by atoms with Crippen LogP contribution in [0.1, 0.15) is 25.3 Å². The predicted molar refractivity (Wildman–Crippen MR) is 96.7 cm³/mol. The first-order chi connectivity index (χ1) is 13.0. The molecule has 5 aliphatic rings. The Morgan fingerprint density at radius 3 is 2.78 bits per heavy atom. The fraction of sp³-hybridized carbons (Fsp3) is 0.619. The topological polar surface area (TPSA) is 66.4 Å². The summed E-state index contributed by atoms with van der Waals surface area (Å²) in [6.07, 6.45) is 2.11. The normalized spacial score (nSPS) is 46.2. The maximum Gasteiger partial charge on any atom is 0.231 e. The Morgan fingerprint density at radius 2 is 2.07 bits per heavy atom. The summed E-state index contributed by atoms with van der Waals surface area (Å²) in [4.78, 5) is 0. The van der Waals surface area contributed by atoms with Crippen molar-refractivity contribution in [2.45, 2.75) is 49.3 Å². The van der Waals surface area contributed by atoms with Gasteiger partial charge in [-0.2, -0.15) is 0 Å². The van der Waals surface area contributed by atoms with Gasteiger partial charge in [-0.05, 0) is 30.5 Å². The van der Waals surface area contributed by atoms with Crippen LogP contribution in [0.25, 0.3) is 0 Å². The molecule has 3 heterocycles. The van der Waals surface area contributed by atoms with Gasteiger partial charge < -0.3 is 28.8 Å². The molecule has 1 aromatic carbocycles. The molecule has 2 saturated carbocycles. The van der Waals surface area contributed by atoms with Crippen LogP contribution in [-0.4, -0.2) is 50.0 Å². The number of ether oxygens (including phenoxy) is 5. The predicted octanol–water partition coefficient (Wildman–Crippen LogP) is 2.39. The minimum absolute atomic E-state index is 0.100. The molecule has 146 valence electrons. The van der Waals surface area contributed by atoms with Gasteiger partial charge in [-0.3, -0.25) is 0 Å². The van der Waals surface area contributed by atoms with Crippen molar-refractivity contribution in [3.05, 3.63) is 36.4 Å². The lowest BCUT2D eigenvalue weighted by atomic mass is 9.63. The van der Waals surface area contributed by atoms with Crippen molar-refractivity contribution in [2.24, 2.45) is 11.3 Å². The maximum absolute atomic E-state index is 11.3. The van der Waals surface area contributed by atoms with E-state index in [2.05, 4.69) is 13.5 Å². The monoisotopic (exact) mass is 374 g/mol. The van der Waals surface area contributed by atoms with Crippen LogP contribution in [0, 0.1) is 11.3 Å². The highest BCUT2D eigenvalue weighted by molar-refractivity contribution is 5.51. The average molecular weight is 374 g/mol. The van der Waals surface area contributed by atoms with E-state index in [4.69, 9.17) is 23.7 Å². The van der Waals surface area contributed by atoms with Crippen molar-refractivity contribution < 1.29 is 28.8 Å². The second-order valence-corrected chi connectivity index (χ2v) is 8.17. The Hall–Kier alpha value is -1.60. The molecule has 3 aliphatic heterocycles. The molecule has 4 bridgehead atoms. The Morgan fingerprint density at radius 1 is 1.30 bits per heavy atom. The average Bonchev–Trinajstić information content (AvgIpc) is 3.25. The summed E-state index contributed by atoms with van der Waals surface area (Å²) in [5.74, 6) is 1.52. The third kappa shape index (κ3) is 1.68. The Labute approximate surface area is 159 Å². The van der Waals surface area contributed by atoms with Gasteiger partial charge in [0.05, 0.1) is 6.10 Å². The smallest absolute Gasteiger partial charge is 0.231 e. The minimum atomic E-state index is -0.873. The fourth-order valence-electron chi connectivity index (χ4n) is 6.44. The number of aliphatic hydroxyl groups excluding tert-OH is 1. The van der Waals surface area contributed by atoms with Crippen molar-refractivity contribution in [1.29, 1.82) is 0 Å². The molecule has 1 N–H and O–H groups in total. The van der Waals surface area contributed by atoms with E-state index in [0.717, 1.165) is 17.7 Å². The molecule has 1 aromatic rings. The number of hydrogen-bond donors (Lipinski definition) is 1. The van der Waals surface area contributed by atoms with Crippen LogP contribution < -0.4 is 9.47 Å². The minimum Gasteiger partial charge on any atom is -0.454 e. The van der Waals surface area contributed by atoms with Gasteiger partial charge in [-0.15, -0.1) is 6.58 Å².